The number of nitrogens with one attached hydrogen (secondary N) is 1. The van der Waals surface area contributed by atoms with E-state index in [2.05, 4.69) is 43.2 Å². The molecular weight excluding hydrogens is 380 g/mol. The summed E-state index contributed by atoms with van der Waals surface area (Å²) in [7, 11) is 1.64. The van der Waals surface area contributed by atoms with Crippen LogP contribution in [0, 0.1) is 0 Å². The Morgan fingerprint density at radius 2 is 1.81 bits per heavy atom. The summed E-state index contributed by atoms with van der Waals surface area (Å²) in [6, 6.07) is 8.11. The molecule has 1 amide bonds. The topological polar surface area (TPSA) is 67.4 Å². The molecule has 0 spiro atoms. The summed E-state index contributed by atoms with van der Waals surface area (Å²) in [6.07, 6.45) is 1.91. The second-order valence-electron chi connectivity index (χ2n) is 6.33. The lowest BCUT2D eigenvalue weighted by molar-refractivity contribution is -0.132. The molecule has 2 atom stereocenters. The van der Waals surface area contributed by atoms with Gasteiger partial charge < -0.3 is 15.0 Å². The van der Waals surface area contributed by atoms with Crippen molar-refractivity contribution in [3.8, 4) is 5.75 Å². The minimum atomic E-state index is 0.156. The van der Waals surface area contributed by atoms with Gasteiger partial charge in [-0.25, -0.2) is 0 Å². The van der Waals surface area contributed by atoms with Crippen LogP contribution in [0.4, 0.5) is 10.8 Å². The fraction of sp³-hybridized carbons (Fsp3) is 0.526. The van der Waals surface area contributed by atoms with Gasteiger partial charge in [0.15, 0.2) is 4.34 Å². The van der Waals surface area contributed by atoms with E-state index >= 15 is 0 Å². The summed E-state index contributed by atoms with van der Waals surface area (Å²) in [6.45, 7) is 8.44. The first kappa shape index (κ1) is 21.5. The van der Waals surface area contributed by atoms with E-state index in [1.54, 1.807) is 7.11 Å². The van der Waals surface area contributed by atoms with Gasteiger partial charge in [0, 0.05) is 17.8 Å². The number of ether oxygens (including phenoxy) is 1. The molecule has 0 bridgehead atoms. The van der Waals surface area contributed by atoms with Gasteiger partial charge in [0.25, 0.3) is 0 Å². The summed E-state index contributed by atoms with van der Waals surface area (Å²) < 4.78 is 5.94. The molecule has 0 radical (unpaired) electrons. The molecule has 0 saturated heterocycles. The van der Waals surface area contributed by atoms with Gasteiger partial charge >= 0.3 is 0 Å². The van der Waals surface area contributed by atoms with Crippen LogP contribution in [-0.4, -0.2) is 46.0 Å². The summed E-state index contributed by atoms with van der Waals surface area (Å²) in [5.74, 6) is 1.34. The minimum Gasteiger partial charge on any atom is -0.497 e. The first-order valence-corrected chi connectivity index (χ1v) is 11.0. The molecule has 8 heteroatoms. The number of amides is 1. The molecule has 0 fully saturated rings. The van der Waals surface area contributed by atoms with Gasteiger partial charge in [-0.3, -0.25) is 4.79 Å². The average Bonchev–Trinajstić information content (AvgIpc) is 3.14. The summed E-state index contributed by atoms with van der Waals surface area (Å²) >= 11 is 2.89. The number of aromatic nitrogens is 2. The van der Waals surface area contributed by atoms with Crippen LogP contribution in [0.5, 0.6) is 5.75 Å². The Morgan fingerprint density at radius 1 is 1.19 bits per heavy atom. The zero-order valence-electron chi connectivity index (χ0n) is 16.6. The van der Waals surface area contributed by atoms with E-state index in [-0.39, 0.29) is 18.0 Å². The fourth-order valence-electron chi connectivity index (χ4n) is 2.63. The highest BCUT2D eigenvalue weighted by molar-refractivity contribution is 8.01. The molecular formula is C19H28N4O2S2. The lowest BCUT2D eigenvalue weighted by atomic mass is 10.1. The third-order valence-corrected chi connectivity index (χ3v) is 6.44. The summed E-state index contributed by atoms with van der Waals surface area (Å²) in [5.41, 5.74) is 0.916. The van der Waals surface area contributed by atoms with E-state index in [0.29, 0.717) is 10.9 Å². The lowest BCUT2D eigenvalue weighted by Gasteiger charge is -2.33. The third kappa shape index (κ3) is 6.10. The molecule has 2 aromatic rings. The standard InChI is InChI=1S/C19H28N4O2S2/c1-6-13(3)23(14(4)7-2)17(24)12-26-19-22-21-18(27-19)20-15-8-10-16(25-5)11-9-15/h8-11,13-14H,6-7,12H2,1-5H3,(H,20,21)/t13-,14-/m0/s1. The van der Waals surface area contributed by atoms with Gasteiger partial charge in [0.1, 0.15) is 5.75 Å². The van der Waals surface area contributed by atoms with Gasteiger partial charge in [-0.2, -0.15) is 0 Å². The van der Waals surface area contributed by atoms with Crippen molar-refractivity contribution in [3.05, 3.63) is 24.3 Å². The molecule has 0 aliphatic heterocycles. The molecule has 1 heterocycles. The van der Waals surface area contributed by atoms with Gasteiger partial charge in [0.2, 0.25) is 11.0 Å². The first-order chi connectivity index (χ1) is 13.0. The van der Waals surface area contributed by atoms with E-state index in [4.69, 9.17) is 4.74 Å². The second-order valence-corrected chi connectivity index (χ2v) is 8.53. The van der Waals surface area contributed by atoms with E-state index < -0.39 is 0 Å². The number of benzene rings is 1. The molecule has 27 heavy (non-hydrogen) atoms. The van der Waals surface area contributed by atoms with Crippen LogP contribution in [0.25, 0.3) is 0 Å². The monoisotopic (exact) mass is 408 g/mol. The highest BCUT2D eigenvalue weighted by Gasteiger charge is 2.23. The van der Waals surface area contributed by atoms with Gasteiger partial charge in [0.05, 0.1) is 12.9 Å². The van der Waals surface area contributed by atoms with Gasteiger partial charge in [-0.15, -0.1) is 10.2 Å². The molecule has 148 valence electrons. The molecule has 1 N–H and O–H groups in total. The van der Waals surface area contributed by atoms with Crippen molar-refractivity contribution in [2.45, 2.75) is 57.0 Å². The van der Waals surface area contributed by atoms with Crippen molar-refractivity contribution in [1.29, 1.82) is 0 Å². The number of hydrogen-bond acceptors (Lipinski definition) is 7. The highest BCUT2D eigenvalue weighted by Crippen LogP contribution is 2.29. The van der Waals surface area contributed by atoms with Crippen LogP contribution in [0.15, 0.2) is 28.6 Å². The van der Waals surface area contributed by atoms with Crippen molar-refractivity contribution < 1.29 is 9.53 Å². The minimum absolute atomic E-state index is 0.156. The van der Waals surface area contributed by atoms with Crippen LogP contribution < -0.4 is 10.1 Å². The van der Waals surface area contributed by atoms with E-state index in [0.717, 1.165) is 28.6 Å². The largest absolute Gasteiger partial charge is 0.497 e. The number of hydrogen-bond donors (Lipinski definition) is 1. The summed E-state index contributed by atoms with van der Waals surface area (Å²) in [5, 5.41) is 12.3. The molecule has 1 aromatic carbocycles. The van der Waals surface area contributed by atoms with Crippen molar-refractivity contribution in [1.82, 2.24) is 15.1 Å². The van der Waals surface area contributed by atoms with Crippen LogP contribution in [0.3, 0.4) is 0 Å². The number of carbonyl (C=O) groups is 1. The molecule has 0 aliphatic rings. The van der Waals surface area contributed by atoms with Gasteiger partial charge in [-0.1, -0.05) is 36.9 Å². The second kappa shape index (κ2) is 10.5. The zero-order chi connectivity index (χ0) is 19.8. The Bertz CT molecular complexity index is 711. The Labute approximate surface area is 169 Å². The van der Waals surface area contributed by atoms with Crippen molar-refractivity contribution >= 4 is 39.8 Å². The van der Waals surface area contributed by atoms with Crippen molar-refractivity contribution in [2.24, 2.45) is 0 Å². The fourth-order valence-corrected chi connectivity index (χ4v) is 4.28. The Kier molecular flexibility index (Phi) is 8.37. The quantitative estimate of drug-likeness (QED) is 0.569. The van der Waals surface area contributed by atoms with E-state index in [9.17, 15) is 4.79 Å². The lowest BCUT2D eigenvalue weighted by Crippen LogP contribution is -2.45. The maximum Gasteiger partial charge on any atom is 0.233 e. The van der Waals surface area contributed by atoms with Crippen molar-refractivity contribution in [3.63, 3.8) is 0 Å². The van der Waals surface area contributed by atoms with Gasteiger partial charge in [-0.05, 0) is 51.0 Å². The molecule has 2 rings (SSSR count). The number of carbonyl (C=O) groups excluding carboxylic acids is 1. The molecule has 6 nitrogen and oxygen atoms in total. The first-order valence-electron chi connectivity index (χ1n) is 9.17. The van der Waals surface area contributed by atoms with Crippen LogP contribution in [0.1, 0.15) is 40.5 Å². The Morgan fingerprint density at radius 3 is 2.37 bits per heavy atom. The smallest absolute Gasteiger partial charge is 0.233 e. The molecule has 1 aromatic heterocycles. The normalized spacial score (nSPS) is 13.1. The number of anilines is 2. The third-order valence-electron chi connectivity index (χ3n) is 4.49. The Hall–Kier alpha value is -1.80. The number of thioether (sulfide) groups is 1. The predicted octanol–water partition coefficient (Wildman–Crippen LogP) is 4.81. The predicted molar refractivity (Wildman–Crippen MR) is 113 cm³/mol. The van der Waals surface area contributed by atoms with Crippen molar-refractivity contribution in [2.75, 3.05) is 18.2 Å². The molecule has 0 saturated carbocycles. The summed E-state index contributed by atoms with van der Waals surface area (Å²) in [4.78, 5) is 14.7. The maximum absolute atomic E-state index is 12.7. The van der Waals surface area contributed by atoms with Crippen LogP contribution in [0.2, 0.25) is 0 Å². The maximum atomic E-state index is 12.7. The number of methoxy groups -OCH3 is 1. The highest BCUT2D eigenvalue weighted by atomic mass is 32.2. The van der Waals surface area contributed by atoms with E-state index in [1.807, 2.05) is 29.2 Å². The molecule has 0 aliphatic carbocycles. The van der Waals surface area contributed by atoms with E-state index in [1.165, 1.54) is 23.1 Å². The number of nitrogens with zero attached hydrogens (tertiary/aromatic N) is 3. The average molecular weight is 409 g/mol. The van der Waals surface area contributed by atoms with Crippen LogP contribution >= 0.6 is 23.1 Å². The van der Waals surface area contributed by atoms with Crippen LogP contribution in [-0.2, 0) is 4.79 Å². The molecule has 0 unspecified atom stereocenters. The Balaban J connectivity index is 1.93. The number of rotatable bonds is 10. The zero-order valence-corrected chi connectivity index (χ0v) is 18.2. The SMILES string of the molecule is CC[C@H](C)N(C(=O)CSc1nnc(Nc2ccc(OC)cc2)s1)[C@@H](C)CC.